The Labute approximate surface area is 192 Å². The van der Waals surface area contributed by atoms with Crippen LogP contribution in [-0.2, 0) is 0 Å². The quantitative estimate of drug-likeness (QED) is 0.460. The highest BCUT2D eigenvalue weighted by molar-refractivity contribution is 5.10. The predicted octanol–water partition coefficient (Wildman–Crippen LogP) is 7.13. The number of fused-ring (bicyclic) bond motifs is 5. The van der Waals surface area contributed by atoms with Crippen LogP contribution in [0.3, 0.4) is 0 Å². The van der Waals surface area contributed by atoms with E-state index in [0.29, 0.717) is 29.6 Å². The maximum Gasteiger partial charge on any atom is 0.414 e. The summed E-state index contributed by atoms with van der Waals surface area (Å²) in [7, 11) is 0. The van der Waals surface area contributed by atoms with Crippen LogP contribution < -0.4 is 0 Å². The SMILES string of the molecule is CC[C@]1(O)CC[C@@]2(C)[C@H](CC[C@H]3[C@@H]4CC[C@H]([C@H](C)CCC(O)C(F)(F)F)C4(C)CC[C@@H]32)C1. The van der Waals surface area contributed by atoms with Gasteiger partial charge in [0.25, 0.3) is 0 Å². The van der Waals surface area contributed by atoms with Crippen LogP contribution in [0.1, 0.15) is 105 Å². The van der Waals surface area contributed by atoms with Gasteiger partial charge in [-0.25, -0.2) is 0 Å². The van der Waals surface area contributed by atoms with Gasteiger partial charge < -0.3 is 10.2 Å². The summed E-state index contributed by atoms with van der Waals surface area (Å²) in [5.41, 5.74) is 0.104. The lowest BCUT2D eigenvalue weighted by molar-refractivity contribution is -0.206. The molecule has 2 unspecified atom stereocenters. The Morgan fingerprint density at radius 3 is 2.25 bits per heavy atom. The molecule has 0 heterocycles. The monoisotopic (exact) mass is 458 g/mol. The minimum atomic E-state index is -4.50. The summed E-state index contributed by atoms with van der Waals surface area (Å²) in [6, 6.07) is 0. The largest absolute Gasteiger partial charge is 0.414 e. The number of alkyl halides is 3. The molecular weight excluding hydrogens is 413 g/mol. The number of rotatable bonds is 5. The second-order valence-corrected chi connectivity index (χ2v) is 12.8. The molecule has 0 aromatic carbocycles. The molecule has 10 atom stereocenters. The van der Waals surface area contributed by atoms with E-state index in [2.05, 4.69) is 27.7 Å². The first-order valence-corrected chi connectivity index (χ1v) is 13.3. The van der Waals surface area contributed by atoms with Crippen molar-refractivity contribution in [2.24, 2.45) is 46.3 Å². The zero-order valence-corrected chi connectivity index (χ0v) is 20.6. The van der Waals surface area contributed by atoms with Crippen molar-refractivity contribution < 1.29 is 23.4 Å². The fourth-order valence-corrected chi connectivity index (χ4v) is 9.40. The van der Waals surface area contributed by atoms with Crippen molar-refractivity contribution in [2.45, 2.75) is 123 Å². The lowest BCUT2D eigenvalue weighted by Gasteiger charge is -2.62. The molecule has 4 aliphatic rings. The topological polar surface area (TPSA) is 40.5 Å². The van der Waals surface area contributed by atoms with E-state index < -0.39 is 17.9 Å². The lowest BCUT2D eigenvalue weighted by atomic mass is 9.43. The zero-order chi connectivity index (χ0) is 23.5. The van der Waals surface area contributed by atoms with E-state index in [4.69, 9.17) is 0 Å². The summed E-state index contributed by atoms with van der Waals surface area (Å²) < 4.78 is 38.3. The van der Waals surface area contributed by atoms with Crippen molar-refractivity contribution in [1.29, 1.82) is 0 Å². The fraction of sp³-hybridized carbons (Fsp3) is 1.00. The zero-order valence-electron chi connectivity index (χ0n) is 20.6. The van der Waals surface area contributed by atoms with Gasteiger partial charge in [-0.2, -0.15) is 13.2 Å². The number of aliphatic hydroxyl groups excluding tert-OH is 1. The molecule has 4 rings (SSSR count). The van der Waals surface area contributed by atoms with E-state index in [1.165, 1.54) is 32.1 Å². The van der Waals surface area contributed by atoms with Gasteiger partial charge >= 0.3 is 6.18 Å². The molecule has 2 nitrogen and oxygen atoms in total. The molecule has 32 heavy (non-hydrogen) atoms. The smallest absolute Gasteiger partial charge is 0.390 e. The number of hydrogen-bond acceptors (Lipinski definition) is 2. The normalized spacial score (nSPS) is 48.5. The Kier molecular flexibility index (Phi) is 6.54. The van der Waals surface area contributed by atoms with Gasteiger partial charge in [0.2, 0.25) is 0 Å². The maximum atomic E-state index is 12.8. The van der Waals surface area contributed by atoms with E-state index in [9.17, 15) is 23.4 Å². The molecule has 0 aromatic rings. The lowest BCUT2D eigenvalue weighted by Crippen LogP contribution is -2.56. The fourth-order valence-electron chi connectivity index (χ4n) is 9.40. The molecule has 0 bridgehead atoms. The molecule has 4 fully saturated rings. The second-order valence-electron chi connectivity index (χ2n) is 12.8. The number of aliphatic hydroxyl groups is 2. The molecule has 4 saturated carbocycles. The highest BCUT2D eigenvalue weighted by atomic mass is 19.4. The van der Waals surface area contributed by atoms with Crippen molar-refractivity contribution in [2.75, 3.05) is 0 Å². The average Bonchev–Trinajstić information content (AvgIpc) is 3.09. The Morgan fingerprint density at radius 1 is 0.906 bits per heavy atom. The van der Waals surface area contributed by atoms with Crippen LogP contribution in [0.15, 0.2) is 0 Å². The van der Waals surface area contributed by atoms with Crippen molar-refractivity contribution in [1.82, 2.24) is 0 Å². The summed E-state index contributed by atoms with van der Waals surface area (Å²) in [5, 5.41) is 20.4. The third kappa shape index (κ3) is 4.06. The van der Waals surface area contributed by atoms with Crippen LogP contribution >= 0.6 is 0 Å². The average molecular weight is 459 g/mol. The Bertz CT molecular complexity index is 680. The minimum absolute atomic E-state index is 0.173. The van der Waals surface area contributed by atoms with Gasteiger partial charge in [0.1, 0.15) is 6.10 Å². The first kappa shape index (κ1) is 24.8. The third-order valence-electron chi connectivity index (χ3n) is 11.5. The van der Waals surface area contributed by atoms with Gasteiger partial charge in [-0.15, -0.1) is 0 Å². The molecular formula is C27H45F3O2. The molecule has 5 heteroatoms. The van der Waals surface area contributed by atoms with Crippen LogP contribution in [-0.4, -0.2) is 28.1 Å². The Balaban J connectivity index is 1.45. The highest BCUT2D eigenvalue weighted by Gasteiger charge is 2.61. The molecule has 4 aliphatic carbocycles. The molecule has 0 amide bonds. The Morgan fingerprint density at radius 2 is 1.59 bits per heavy atom. The number of halogens is 3. The van der Waals surface area contributed by atoms with Crippen LogP contribution in [0.5, 0.6) is 0 Å². The summed E-state index contributed by atoms with van der Waals surface area (Å²) >= 11 is 0. The minimum Gasteiger partial charge on any atom is -0.390 e. The van der Waals surface area contributed by atoms with Gasteiger partial charge in [0, 0.05) is 0 Å². The predicted molar refractivity (Wildman–Crippen MR) is 121 cm³/mol. The van der Waals surface area contributed by atoms with E-state index in [1.807, 2.05) is 0 Å². The van der Waals surface area contributed by atoms with E-state index in [-0.39, 0.29) is 17.8 Å². The van der Waals surface area contributed by atoms with E-state index in [0.717, 1.165) is 43.9 Å². The van der Waals surface area contributed by atoms with Gasteiger partial charge in [0.15, 0.2) is 0 Å². The molecule has 0 aliphatic heterocycles. The van der Waals surface area contributed by atoms with Crippen LogP contribution in [0.25, 0.3) is 0 Å². The Hall–Kier alpha value is -0.290. The third-order valence-corrected chi connectivity index (χ3v) is 11.5. The second kappa shape index (κ2) is 8.43. The summed E-state index contributed by atoms with van der Waals surface area (Å²) in [6.07, 6.45) is 4.76. The van der Waals surface area contributed by atoms with Gasteiger partial charge in [-0.3, -0.25) is 0 Å². The summed E-state index contributed by atoms with van der Waals surface area (Å²) in [5.74, 6) is 3.48. The van der Waals surface area contributed by atoms with E-state index >= 15 is 0 Å². The first-order valence-electron chi connectivity index (χ1n) is 13.3. The molecule has 0 spiro atoms. The molecule has 0 saturated heterocycles. The standard InChI is InChI=1S/C27H45F3O2/c1-5-26(32)15-14-24(3)18(16-26)7-8-19-21-10-9-20(25(21,4)13-12-22(19)24)17(2)6-11-23(31)27(28,29)30/h17-23,31-32H,5-16H2,1-4H3/t17-,18-,19+,20-,21+,22+,23?,24+,25?,26+/m1/s1. The molecule has 0 radical (unpaired) electrons. The summed E-state index contributed by atoms with van der Waals surface area (Å²) in [6.45, 7) is 9.19. The van der Waals surface area contributed by atoms with Crippen molar-refractivity contribution in [3.63, 3.8) is 0 Å². The maximum absolute atomic E-state index is 12.8. The molecule has 0 aromatic heterocycles. The highest BCUT2D eigenvalue weighted by Crippen LogP contribution is 2.69. The van der Waals surface area contributed by atoms with Crippen molar-refractivity contribution >= 4 is 0 Å². The van der Waals surface area contributed by atoms with Gasteiger partial charge in [-0.1, -0.05) is 27.7 Å². The molecule has 2 N–H and O–H groups in total. The van der Waals surface area contributed by atoms with E-state index in [1.54, 1.807) is 0 Å². The molecule has 186 valence electrons. The van der Waals surface area contributed by atoms with Crippen LogP contribution in [0.4, 0.5) is 13.2 Å². The van der Waals surface area contributed by atoms with Crippen LogP contribution in [0.2, 0.25) is 0 Å². The van der Waals surface area contributed by atoms with Gasteiger partial charge in [-0.05, 0) is 123 Å². The van der Waals surface area contributed by atoms with Crippen molar-refractivity contribution in [3.8, 4) is 0 Å². The van der Waals surface area contributed by atoms with Crippen molar-refractivity contribution in [3.05, 3.63) is 0 Å². The van der Waals surface area contributed by atoms with Gasteiger partial charge in [0.05, 0.1) is 5.60 Å². The number of hydrogen-bond donors (Lipinski definition) is 2. The van der Waals surface area contributed by atoms with Crippen LogP contribution in [0, 0.1) is 46.3 Å². The summed E-state index contributed by atoms with van der Waals surface area (Å²) in [4.78, 5) is 0. The first-order chi connectivity index (χ1) is 14.8.